The summed E-state index contributed by atoms with van der Waals surface area (Å²) in [6, 6.07) is 9.17. The van der Waals surface area contributed by atoms with Crippen LogP contribution in [-0.4, -0.2) is 24.3 Å². The minimum absolute atomic E-state index is 0.192. The normalized spacial score (nSPS) is 11.0. The van der Waals surface area contributed by atoms with Gasteiger partial charge >= 0.3 is 0 Å². The van der Waals surface area contributed by atoms with E-state index in [0.717, 1.165) is 16.9 Å². The predicted octanol–water partition coefficient (Wildman–Crippen LogP) is 3.55. The molecule has 0 aliphatic carbocycles. The van der Waals surface area contributed by atoms with Gasteiger partial charge in [0.1, 0.15) is 11.6 Å². The second kappa shape index (κ2) is 6.60. The number of pyridine rings is 1. The van der Waals surface area contributed by atoms with Crippen LogP contribution in [0.25, 0.3) is 11.1 Å². The number of hydrogen-bond acceptors (Lipinski definition) is 4. The molecule has 5 nitrogen and oxygen atoms in total. The molecule has 1 aromatic carbocycles. The molecule has 1 aromatic heterocycles. The third-order valence-corrected chi connectivity index (χ3v) is 3.36. The Balaban J connectivity index is 2.36. The molecule has 0 aliphatic rings. The maximum atomic E-state index is 12.1. The molecule has 1 heterocycles. The molecule has 2 rings (SSSR count). The highest BCUT2D eigenvalue weighted by Gasteiger charge is 2.22. The number of aldehydes is 1. The van der Waals surface area contributed by atoms with E-state index in [4.69, 9.17) is 4.74 Å². The third-order valence-electron chi connectivity index (χ3n) is 3.36. The van der Waals surface area contributed by atoms with Gasteiger partial charge in [0.25, 0.3) is 0 Å². The van der Waals surface area contributed by atoms with E-state index < -0.39 is 5.41 Å². The summed E-state index contributed by atoms with van der Waals surface area (Å²) in [6.07, 6.45) is 2.31. The number of ether oxygens (including phenoxy) is 1. The monoisotopic (exact) mass is 312 g/mol. The van der Waals surface area contributed by atoms with E-state index in [9.17, 15) is 9.59 Å². The lowest BCUT2D eigenvalue weighted by molar-refractivity contribution is -0.123. The van der Waals surface area contributed by atoms with Crippen LogP contribution in [0, 0.1) is 5.41 Å². The predicted molar refractivity (Wildman–Crippen MR) is 89.7 cm³/mol. The summed E-state index contributed by atoms with van der Waals surface area (Å²) in [4.78, 5) is 27.6. The van der Waals surface area contributed by atoms with Crippen molar-refractivity contribution in [3.63, 3.8) is 0 Å². The van der Waals surface area contributed by atoms with Gasteiger partial charge in [0, 0.05) is 17.2 Å². The van der Waals surface area contributed by atoms with Crippen molar-refractivity contribution in [3.05, 3.63) is 42.1 Å². The highest BCUT2D eigenvalue weighted by molar-refractivity contribution is 5.98. The number of carbonyl (C=O) groups is 2. The molecule has 0 spiro atoms. The number of nitrogens with zero attached hydrogens (tertiary/aromatic N) is 1. The van der Waals surface area contributed by atoms with E-state index in [-0.39, 0.29) is 11.7 Å². The smallest absolute Gasteiger partial charge is 0.230 e. The van der Waals surface area contributed by atoms with E-state index in [1.165, 1.54) is 0 Å². The number of hydrogen-bond donors (Lipinski definition) is 1. The van der Waals surface area contributed by atoms with Crippen molar-refractivity contribution < 1.29 is 14.3 Å². The summed E-state index contributed by atoms with van der Waals surface area (Å²) in [5.41, 5.74) is 1.43. The van der Waals surface area contributed by atoms with Gasteiger partial charge in [0.05, 0.1) is 12.7 Å². The van der Waals surface area contributed by atoms with E-state index in [2.05, 4.69) is 10.3 Å². The molecular weight excluding hydrogens is 292 g/mol. The van der Waals surface area contributed by atoms with Crippen molar-refractivity contribution in [2.24, 2.45) is 5.41 Å². The summed E-state index contributed by atoms with van der Waals surface area (Å²) in [5.74, 6) is 0.800. The Kier molecular flexibility index (Phi) is 4.79. The third kappa shape index (κ3) is 3.94. The van der Waals surface area contributed by atoms with Gasteiger partial charge < -0.3 is 10.1 Å². The van der Waals surface area contributed by atoms with Gasteiger partial charge in [-0.05, 0) is 23.8 Å². The molecule has 0 bridgehead atoms. The maximum absolute atomic E-state index is 12.1. The Hall–Kier alpha value is -2.69. The van der Waals surface area contributed by atoms with Gasteiger partial charge in [-0.2, -0.15) is 0 Å². The van der Waals surface area contributed by atoms with E-state index >= 15 is 0 Å². The second-order valence-corrected chi connectivity index (χ2v) is 6.22. The first kappa shape index (κ1) is 16.7. The molecule has 23 heavy (non-hydrogen) atoms. The molecule has 0 aliphatic heterocycles. The van der Waals surface area contributed by atoms with Crippen LogP contribution in [0.5, 0.6) is 5.75 Å². The first-order chi connectivity index (χ1) is 10.8. The lowest BCUT2D eigenvalue weighted by atomic mass is 9.95. The van der Waals surface area contributed by atoms with Gasteiger partial charge in [0.2, 0.25) is 5.91 Å². The van der Waals surface area contributed by atoms with Crippen LogP contribution < -0.4 is 10.1 Å². The van der Waals surface area contributed by atoms with Gasteiger partial charge in [-0.1, -0.05) is 32.9 Å². The fraction of sp³-hybridized carbons (Fsp3) is 0.278. The van der Waals surface area contributed by atoms with Crippen molar-refractivity contribution in [1.29, 1.82) is 0 Å². The van der Waals surface area contributed by atoms with Gasteiger partial charge in [0.15, 0.2) is 6.29 Å². The molecule has 0 saturated carbocycles. The Bertz CT molecular complexity index is 733. The van der Waals surface area contributed by atoms with Crippen molar-refractivity contribution in [2.75, 3.05) is 12.4 Å². The second-order valence-electron chi connectivity index (χ2n) is 6.22. The zero-order valence-electron chi connectivity index (χ0n) is 13.7. The SMILES string of the molecule is COc1cccc(-c2cnc(NC(=O)C(C)(C)C)c(C=O)c2)c1. The molecular formula is C18H20N2O3. The summed E-state index contributed by atoms with van der Waals surface area (Å²) in [7, 11) is 1.60. The first-order valence-corrected chi connectivity index (χ1v) is 7.26. The highest BCUT2D eigenvalue weighted by atomic mass is 16.5. The number of rotatable bonds is 4. The molecule has 0 saturated heterocycles. The Morgan fingerprint density at radius 1 is 1.22 bits per heavy atom. The van der Waals surface area contributed by atoms with Crippen molar-refractivity contribution in [3.8, 4) is 16.9 Å². The lowest BCUT2D eigenvalue weighted by Crippen LogP contribution is -2.28. The van der Waals surface area contributed by atoms with Crippen molar-refractivity contribution in [1.82, 2.24) is 4.98 Å². The molecule has 0 fully saturated rings. The topological polar surface area (TPSA) is 68.3 Å². The average Bonchev–Trinajstić information content (AvgIpc) is 2.54. The average molecular weight is 312 g/mol. The number of aromatic nitrogens is 1. The molecule has 120 valence electrons. The number of anilines is 1. The summed E-state index contributed by atoms with van der Waals surface area (Å²) in [5, 5.41) is 2.70. The van der Waals surface area contributed by atoms with E-state index in [0.29, 0.717) is 11.8 Å². The van der Waals surface area contributed by atoms with Gasteiger partial charge in [-0.3, -0.25) is 9.59 Å². The Morgan fingerprint density at radius 2 is 1.96 bits per heavy atom. The molecule has 1 N–H and O–H groups in total. The number of amides is 1. The molecule has 1 amide bonds. The molecule has 0 unspecified atom stereocenters. The Morgan fingerprint density at radius 3 is 2.57 bits per heavy atom. The van der Waals surface area contributed by atoms with Crippen LogP contribution in [0.4, 0.5) is 5.82 Å². The van der Waals surface area contributed by atoms with Gasteiger partial charge in [-0.25, -0.2) is 4.98 Å². The molecule has 5 heteroatoms. The van der Waals surface area contributed by atoms with Crippen molar-refractivity contribution in [2.45, 2.75) is 20.8 Å². The lowest BCUT2D eigenvalue weighted by Gasteiger charge is -2.18. The summed E-state index contributed by atoms with van der Waals surface area (Å²) >= 11 is 0. The molecule has 0 atom stereocenters. The van der Waals surface area contributed by atoms with Crippen LogP contribution in [0.3, 0.4) is 0 Å². The highest BCUT2D eigenvalue weighted by Crippen LogP contribution is 2.26. The number of nitrogens with one attached hydrogen (secondary N) is 1. The fourth-order valence-corrected chi connectivity index (χ4v) is 1.93. The quantitative estimate of drug-likeness (QED) is 0.877. The first-order valence-electron chi connectivity index (χ1n) is 7.26. The molecule has 0 radical (unpaired) electrons. The zero-order valence-corrected chi connectivity index (χ0v) is 13.7. The number of methoxy groups -OCH3 is 1. The number of carbonyl (C=O) groups excluding carboxylic acids is 2. The van der Waals surface area contributed by atoms with Crippen molar-refractivity contribution >= 4 is 18.0 Å². The zero-order chi connectivity index (χ0) is 17.0. The summed E-state index contributed by atoms with van der Waals surface area (Å²) in [6.45, 7) is 5.40. The fourth-order valence-electron chi connectivity index (χ4n) is 1.93. The van der Waals surface area contributed by atoms with Crippen LogP contribution in [0.1, 0.15) is 31.1 Å². The maximum Gasteiger partial charge on any atom is 0.230 e. The van der Waals surface area contributed by atoms with E-state index in [1.807, 2.05) is 24.3 Å². The van der Waals surface area contributed by atoms with E-state index in [1.54, 1.807) is 40.1 Å². The summed E-state index contributed by atoms with van der Waals surface area (Å²) < 4.78 is 5.20. The Labute approximate surface area is 135 Å². The molecule has 2 aromatic rings. The largest absolute Gasteiger partial charge is 0.497 e. The van der Waals surface area contributed by atoms with Gasteiger partial charge in [-0.15, -0.1) is 0 Å². The number of benzene rings is 1. The standard InChI is InChI=1S/C18H20N2O3/c1-18(2,3)17(22)20-16-14(11-21)8-13(10-19-16)12-6-5-7-15(9-12)23-4/h5-11H,1-4H3,(H,19,20,22). The minimum Gasteiger partial charge on any atom is -0.497 e. The van der Waals surface area contributed by atoms with Crippen LogP contribution in [0.2, 0.25) is 0 Å². The minimum atomic E-state index is -0.562. The van der Waals surface area contributed by atoms with Crippen LogP contribution in [-0.2, 0) is 4.79 Å². The van der Waals surface area contributed by atoms with Crippen LogP contribution in [0.15, 0.2) is 36.5 Å². The van der Waals surface area contributed by atoms with Crippen LogP contribution >= 0.6 is 0 Å².